The number of ether oxygens (including phenoxy) is 2. The average Bonchev–Trinajstić information content (AvgIpc) is 3.34. The molecule has 1 N–H and O–H groups in total. The van der Waals surface area contributed by atoms with Gasteiger partial charge in [0.05, 0.1) is 6.10 Å². The Bertz CT molecular complexity index is 1290. The molecular weight excluding hydrogens is 632 g/mol. The van der Waals surface area contributed by atoms with Gasteiger partial charge < -0.3 is 28.1 Å². The van der Waals surface area contributed by atoms with Gasteiger partial charge >= 0.3 is 20.6 Å². The van der Waals surface area contributed by atoms with Gasteiger partial charge in [-0.25, -0.2) is 0 Å². The molecule has 12 heteroatoms. The highest BCUT2D eigenvalue weighted by Crippen LogP contribution is 2.58. The van der Waals surface area contributed by atoms with Gasteiger partial charge in [-0.3, -0.25) is 4.79 Å². The number of benzene rings is 2. The second kappa shape index (κ2) is 12.8. The molecule has 2 aromatic rings. The lowest BCUT2D eigenvalue weighted by Gasteiger charge is -2.51. The fourth-order valence-corrected chi connectivity index (χ4v) is 16.6. The van der Waals surface area contributed by atoms with Crippen LogP contribution < -0.4 is 15.7 Å². The fourth-order valence-electron chi connectivity index (χ4n) is 7.05. The Morgan fingerprint density at radius 1 is 0.826 bits per heavy atom. The molecule has 2 aliphatic rings. The van der Waals surface area contributed by atoms with Crippen LogP contribution in [0.5, 0.6) is 0 Å². The summed E-state index contributed by atoms with van der Waals surface area (Å²) in [5.41, 5.74) is 0. The van der Waals surface area contributed by atoms with Crippen LogP contribution in [0.25, 0.3) is 0 Å². The van der Waals surface area contributed by atoms with Crippen LogP contribution in [0.4, 0.5) is 13.2 Å². The summed E-state index contributed by atoms with van der Waals surface area (Å²) in [4.78, 5) is 12.7. The first kappa shape index (κ1) is 36.8. The van der Waals surface area contributed by atoms with Crippen LogP contribution in [0.2, 0.25) is 15.1 Å². The molecule has 4 rings (SSSR count). The van der Waals surface area contributed by atoms with Gasteiger partial charge in [-0.15, -0.1) is 0 Å². The van der Waals surface area contributed by atoms with Crippen molar-refractivity contribution in [2.75, 3.05) is 0 Å². The second-order valence-corrected chi connectivity index (χ2v) is 24.6. The molecule has 2 heterocycles. The highest BCUT2D eigenvalue weighted by molar-refractivity contribution is 6.99. The van der Waals surface area contributed by atoms with Crippen molar-refractivity contribution < 1.29 is 40.7 Å². The van der Waals surface area contributed by atoms with E-state index >= 15 is 0 Å². The van der Waals surface area contributed by atoms with E-state index in [2.05, 4.69) is 26.1 Å². The molecule has 46 heavy (non-hydrogen) atoms. The number of hydrogen-bond acceptors (Lipinski definition) is 6. The largest absolute Gasteiger partial charge is 0.471 e. The highest BCUT2D eigenvalue weighted by atomic mass is 28.4. The number of nitrogens with one attached hydrogen (secondary N) is 1. The molecule has 2 saturated heterocycles. The molecule has 2 aromatic carbocycles. The summed E-state index contributed by atoms with van der Waals surface area (Å²) in [6, 6.07) is 18.2. The Balaban J connectivity index is 2.01. The second-order valence-electron chi connectivity index (χ2n) is 15.6. The predicted octanol–water partition coefficient (Wildman–Crippen LogP) is 6.54. The smallest absolute Gasteiger partial charge is 0.399 e. The summed E-state index contributed by atoms with van der Waals surface area (Å²) in [5.74, 6) is -2.11. The molecule has 0 unspecified atom stereocenters. The Hall–Kier alpha value is -2.07. The van der Waals surface area contributed by atoms with Gasteiger partial charge in [0.2, 0.25) is 0 Å². The summed E-state index contributed by atoms with van der Waals surface area (Å²) in [7, 11) is -6.65. The van der Waals surface area contributed by atoms with E-state index in [1.54, 1.807) is 13.8 Å². The van der Waals surface area contributed by atoms with E-state index in [-0.39, 0.29) is 0 Å². The predicted molar refractivity (Wildman–Crippen MR) is 177 cm³/mol. The zero-order chi connectivity index (χ0) is 34.5. The average molecular weight is 682 g/mol. The molecule has 0 spiro atoms. The molecule has 7 nitrogen and oxygen atoms in total. The van der Waals surface area contributed by atoms with E-state index in [1.165, 1.54) is 0 Å². The SMILES string of the molecule is CC(C)O[C@H]1O[C@@H]2O[Si](C(C)(C)C)(C(C)(C)C)O[C@@H]2[C@H](O[Si](c2ccccc2)(c2ccccc2)C(C)(C)C)[C@H]1NC(=O)C(F)(F)F. The number of hydrogen-bond donors (Lipinski definition) is 1. The summed E-state index contributed by atoms with van der Waals surface area (Å²) >= 11 is 0. The number of fused-ring (bicyclic) bond motifs is 1. The number of alkyl halides is 3. The molecule has 0 saturated carbocycles. The molecule has 0 radical (unpaired) electrons. The van der Waals surface area contributed by atoms with Crippen molar-refractivity contribution in [1.82, 2.24) is 5.32 Å². The molecule has 2 aliphatic heterocycles. The lowest BCUT2D eigenvalue weighted by Crippen LogP contribution is -2.73. The molecular formula is C34H50F3NO6Si2. The minimum Gasteiger partial charge on any atom is -0.399 e. The van der Waals surface area contributed by atoms with Crippen LogP contribution >= 0.6 is 0 Å². The van der Waals surface area contributed by atoms with E-state index < -0.39 is 81.0 Å². The lowest BCUT2D eigenvalue weighted by molar-refractivity contribution is -0.293. The monoisotopic (exact) mass is 681 g/mol. The number of rotatable bonds is 7. The van der Waals surface area contributed by atoms with Crippen molar-refractivity contribution in [2.24, 2.45) is 0 Å². The first-order valence-corrected chi connectivity index (χ1v) is 19.6. The standard InChI is InChI=1S/C34H50F3NO6Si2/c1-22(2)40-28-25(38-30(39)34(35,36)37)26(27-29(41-28)44-46(43-27,32(6,7)8)33(9,10)11)42-45(31(3,4)5,23-18-14-12-15-19-23)24-20-16-13-17-21-24/h12-22,25-29H,1-11H3,(H,38,39)/t25-,26-,27-,28+,29-/m1/s1. The molecule has 2 fully saturated rings. The highest BCUT2D eigenvalue weighted by Gasteiger charge is 2.70. The van der Waals surface area contributed by atoms with Gasteiger partial charge in [0.15, 0.2) is 12.6 Å². The molecule has 0 aromatic heterocycles. The van der Waals surface area contributed by atoms with Crippen molar-refractivity contribution >= 4 is 33.2 Å². The first-order chi connectivity index (χ1) is 21.0. The van der Waals surface area contributed by atoms with Crippen LogP contribution in [0.3, 0.4) is 0 Å². The Kier molecular flexibility index (Phi) is 10.2. The summed E-state index contributed by atoms with van der Waals surface area (Å²) < 4.78 is 75.6. The normalized spacial score (nSPS) is 25.8. The van der Waals surface area contributed by atoms with Crippen molar-refractivity contribution in [3.05, 3.63) is 60.7 Å². The van der Waals surface area contributed by atoms with Crippen LogP contribution in [0, 0.1) is 0 Å². The molecule has 5 atom stereocenters. The van der Waals surface area contributed by atoms with Gasteiger partial charge in [-0.2, -0.15) is 13.2 Å². The number of carbonyl (C=O) groups excluding carboxylic acids is 1. The van der Waals surface area contributed by atoms with Crippen LogP contribution in [0.1, 0.15) is 76.2 Å². The van der Waals surface area contributed by atoms with Gasteiger partial charge in [0.25, 0.3) is 8.32 Å². The molecule has 0 aliphatic carbocycles. The fraction of sp³-hybridized carbons (Fsp3) is 0.618. The van der Waals surface area contributed by atoms with Crippen molar-refractivity contribution in [2.45, 2.75) is 134 Å². The van der Waals surface area contributed by atoms with Gasteiger partial charge in [0.1, 0.15) is 18.2 Å². The Labute approximate surface area is 273 Å². The minimum atomic E-state index is -5.15. The lowest BCUT2D eigenvalue weighted by atomic mass is 10.0. The Morgan fingerprint density at radius 2 is 1.30 bits per heavy atom. The number of carbonyl (C=O) groups is 1. The Morgan fingerprint density at radius 3 is 1.70 bits per heavy atom. The third-order valence-electron chi connectivity index (χ3n) is 8.76. The zero-order valence-electron chi connectivity index (χ0n) is 28.8. The number of amides is 1. The maximum absolute atomic E-state index is 13.9. The molecule has 0 bridgehead atoms. The summed E-state index contributed by atoms with van der Waals surface area (Å²) in [5, 5.41) is 2.61. The van der Waals surface area contributed by atoms with Crippen LogP contribution in [-0.4, -0.2) is 65.9 Å². The van der Waals surface area contributed by atoms with Crippen LogP contribution in [-0.2, 0) is 27.5 Å². The van der Waals surface area contributed by atoms with Crippen molar-refractivity contribution in [3.63, 3.8) is 0 Å². The van der Waals surface area contributed by atoms with E-state index in [0.29, 0.717) is 0 Å². The minimum absolute atomic E-state index is 0.449. The maximum atomic E-state index is 13.9. The first-order valence-electron chi connectivity index (χ1n) is 15.9. The summed E-state index contributed by atoms with van der Waals surface area (Å²) in [6.45, 7) is 22.0. The topological polar surface area (TPSA) is 75.2 Å². The molecule has 256 valence electrons. The molecule has 1 amide bonds. The zero-order valence-corrected chi connectivity index (χ0v) is 30.8. The van der Waals surface area contributed by atoms with Gasteiger partial charge in [-0.1, -0.05) is 123 Å². The number of halogens is 3. The van der Waals surface area contributed by atoms with Gasteiger partial charge in [0, 0.05) is 10.1 Å². The van der Waals surface area contributed by atoms with E-state index in [1.807, 2.05) is 102 Å². The summed E-state index contributed by atoms with van der Waals surface area (Å²) in [6.07, 6.45) is -10.0. The van der Waals surface area contributed by atoms with Crippen molar-refractivity contribution in [3.8, 4) is 0 Å². The van der Waals surface area contributed by atoms with E-state index in [9.17, 15) is 18.0 Å². The third kappa shape index (κ3) is 6.76. The van der Waals surface area contributed by atoms with E-state index in [0.717, 1.165) is 10.4 Å². The quantitative estimate of drug-likeness (QED) is 0.335. The van der Waals surface area contributed by atoms with Crippen molar-refractivity contribution in [1.29, 1.82) is 0 Å². The van der Waals surface area contributed by atoms with E-state index in [4.69, 9.17) is 22.8 Å². The third-order valence-corrected chi connectivity index (χ3v) is 18.9. The maximum Gasteiger partial charge on any atom is 0.471 e. The van der Waals surface area contributed by atoms with Crippen LogP contribution in [0.15, 0.2) is 60.7 Å². The van der Waals surface area contributed by atoms with Gasteiger partial charge in [-0.05, 0) is 29.3 Å².